The lowest BCUT2D eigenvalue weighted by Crippen LogP contribution is -1.91. The Balaban J connectivity index is 2.27. The topological polar surface area (TPSA) is 60.9 Å². The van der Waals surface area contributed by atoms with Crippen LogP contribution in [0.15, 0.2) is 41.1 Å². The van der Waals surface area contributed by atoms with Crippen LogP contribution in [0.5, 0.6) is 0 Å². The minimum absolute atomic E-state index is 0.531. The van der Waals surface area contributed by atoms with Gasteiger partial charge in [-0.3, -0.25) is 4.79 Å². The molecule has 5 heteroatoms. The maximum atomic E-state index is 10.8. The predicted octanol–water partition coefficient (Wildman–Crippen LogP) is 1.83. The highest BCUT2D eigenvalue weighted by molar-refractivity contribution is 5.95. The van der Waals surface area contributed by atoms with Gasteiger partial charge in [0.1, 0.15) is 5.58 Å². The van der Waals surface area contributed by atoms with Gasteiger partial charge in [0.05, 0.1) is 18.0 Å². The van der Waals surface area contributed by atoms with Crippen LogP contribution in [0.3, 0.4) is 0 Å². The molecule has 2 heterocycles. The predicted molar refractivity (Wildman–Crippen MR) is 56.5 cm³/mol. The molecule has 0 unspecified atom stereocenters. The first-order valence-corrected chi connectivity index (χ1v) is 4.73. The molecule has 16 heavy (non-hydrogen) atoms. The highest BCUT2D eigenvalue weighted by Gasteiger charge is 2.08. The summed E-state index contributed by atoms with van der Waals surface area (Å²) >= 11 is 0. The molecule has 0 radical (unpaired) electrons. The minimum atomic E-state index is 0.531. The molecule has 0 bridgehead atoms. The summed E-state index contributed by atoms with van der Waals surface area (Å²) < 4.78 is 7.07. The second-order valence-corrected chi connectivity index (χ2v) is 3.32. The lowest BCUT2D eigenvalue weighted by atomic mass is 10.2. The largest absolute Gasteiger partial charge is 0.438 e. The number of hydrogen-bond acceptors (Lipinski definition) is 4. The number of nitrogens with zero attached hydrogens (tertiary/aromatic N) is 3. The second-order valence-electron chi connectivity index (χ2n) is 3.32. The Morgan fingerprint density at radius 3 is 3.06 bits per heavy atom. The van der Waals surface area contributed by atoms with Gasteiger partial charge in [0.2, 0.25) is 5.88 Å². The number of aldehydes is 1. The van der Waals surface area contributed by atoms with Crippen LogP contribution >= 0.6 is 0 Å². The molecule has 0 aliphatic heterocycles. The van der Waals surface area contributed by atoms with Crippen molar-refractivity contribution in [3.05, 3.63) is 42.2 Å². The van der Waals surface area contributed by atoms with Crippen LogP contribution in [0.1, 0.15) is 10.4 Å². The van der Waals surface area contributed by atoms with Crippen molar-refractivity contribution in [1.29, 1.82) is 0 Å². The molecule has 0 aliphatic rings. The summed E-state index contributed by atoms with van der Waals surface area (Å²) in [7, 11) is 0. The normalized spacial score (nSPS) is 10.8. The van der Waals surface area contributed by atoms with Crippen molar-refractivity contribution in [1.82, 2.24) is 15.0 Å². The number of benzene rings is 1. The van der Waals surface area contributed by atoms with E-state index in [0.717, 1.165) is 11.7 Å². The van der Waals surface area contributed by atoms with Crippen molar-refractivity contribution in [2.24, 2.45) is 0 Å². The van der Waals surface area contributed by atoms with E-state index in [-0.39, 0.29) is 0 Å². The first kappa shape index (κ1) is 8.84. The van der Waals surface area contributed by atoms with Gasteiger partial charge in [-0.25, -0.2) is 0 Å². The van der Waals surface area contributed by atoms with Gasteiger partial charge in [-0.1, -0.05) is 17.3 Å². The number of rotatable bonds is 2. The maximum absolute atomic E-state index is 10.8. The van der Waals surface area contributed by atoms with Crippen LogP contribution in [0.25, 0.3) is 16.9 Å². The zero-order valence-corrected chi connectivity index (χ0v) is 8.20. The van der Waals surface area contributed by atoms with Gasteiger partial charge in [-0.15, -0.1) is 5.10 Å². The summed E-state index contributed by atoms with van der Waals surface area (Å²) in [6, 6.07) is 7.22. The average molecular weight is 213 g/mol. The molecule has 5 nitrogen and oxygen atoms in total. The molecule has 0 fully saturated rings. The van der Waals surface area contributed by atoms with Crippen molar-refractivity contribution in [2.45, 2.75) is 0 Å². The fraction of sp³-hybridized carbons (Fsp3) is 0. The highest BCUT2D eigenvalue weighted by Crippen LogP contribution is 2.23. The first-order chi connectivity index (χ1) is 7.88. The van der Waals surface area contributed by atoms with Crippen molar-refractivity contribution in [3.63, 3.8) is 0 Å². The van der Waals surface area contributed by atoms with E-state index in [9.17, 15) is 4.79 Å². The Morgan fingerprint density at radius 2 is 2.31 bits per heavy atom. The van der Waals surface area contributed by atoms with Crippen LogP contribution in [0.2, 0.25) is 0 Å². The third-order valence-corrected chi connectivity index (χ3v) is 2.34. The Morgan fingerprint density at radius 1 is 1.38 bits per heavy atom. The maximum Gasteiger partial charge on any atom is 0.222 e. The van der Waals surface area contributed by atoms with E-state index in [0.29, 0.717) is 17.0 Å². The average Bonchev–Trinajstić information content (AvgIpc) is 2.96. The number of furan rings is 1. The fourth-order valence-electron chi connectivity index (χ4n) is 1.60. The molecule has 0 saturated heterocycles. The summed E-state index contributed by atoms with van der Waals surface area (Å²) in [4.78, 5) is 10.8. The SMILES string of the molecule is O=Cc1cccc2cc(-n3ccnn3)oc12. The number of hydrogen-bond donors (Lipinski definition) is 0. The summed E-state index contributed by atoms with van der Waals surface area (Å²) in [5.74, 6) is 0.543. The molecule has 0 saturated carbocycles. The zero-order chi connectivity index (χ0) is 11.0. The number of carbonyl (C=O) groups excluding carboxylic acids is 1. The lowest BCUT2D eigenvalue weighted by Gasteiger charge is -1.92. The van der Waals surface area contributed by atoms with E-state index < -0.39 is 0 Å². The van der Waals surface area contributed by atoms with Crippen molar-refractivity contribution >= 4 is 17.3 Å². The summed E-state index contributed by atoms with van der Waals surface area (Å²) in [5.41, 5.74) is 1.10. The highest BCUT2D eigenvalue weighted by atomic mass is 16.4. The quantitative estimate of drug-likeness (QED) is 0.609. The molecule has 2 aromatic heterocycles. The van der Waals surface area contributed by atoms with Crippen molar-refractivity contribution in [2.75, 3.05) is 0 Å². The molecule has 0 amide bonds. The molecular formula is C11H7N3O2. The van der Waals surface area contributed by atoms with Gasteiger partial charge >= 0.3 is 0 Å². The molecule has 0 atom stereocenters. The van der Waals surface area contributed by atoms with Crippen LogP contribution in [0.4, 0.5) is 0 Å². The minimum Gasteiger partial charge on any atom is -0.438 e. The van der Waals surface area contributed by atoms with Gasteiger partial charge < -0.3 is 4.42 Å². The first-order valence-electron chi connectivity index (χ1n) is 4.73. The van der Waals surface area contributed by atoms with Crippen molar-refractivity contribution < 1.29 is 9.21 Å². The molecule has 0 N–H and O–H groups in total. The standard InChI is InChI=1S/C11H7N3O2/c15-7-9-3-1-2-8-6-10(16-11(8)9)14-5-4-12-13-14/h1-7H. The fourth-order valence-corrected chi connectivity index (χ4v) is 1.60. The van der Waals surface area contributed by atoms with Gasteiger partial charge in [0, 0.05) is 11.5 Å². The Bertz CT molecular complexity index is 640. The summed E-state index contributed by atoms with van der Waals surface area (Å²) in [5, 5.41) is 8.39. The third kappa shape index (κ3) is 1.22. The van der Waals surface area contributed by atoms with Gasteiger partial charge in [-0.2, -0.15) is 4.68 Å². The monoisotopic (exact) mass is 213 g/mol. The lowest BCUT2D eigenvalue weighted by molar-refractivity contribution is 0.112. The molecule has 3 aromatic rings. The van der Waals surface area contributed by atoms with Crippen LogP contribution < -0.4 is 0 Å². The molecule has 3 rings (SSSR count). The zero-order valence-electron chi connectivity index (χ0n) is 8.20. The Hall–Kier alpha value is -2.43. The van der Waals surface area contributed by atoms with E-state index in [1.165, 1.54) is 4.68 Å². The molecule has 0 spiro atoms. The number of aromatic nitrogens is 3. The van der Waals surface area contributed by atoms with Crippen LogP contribution in [-0.4, -0.2) is 21.3 Å². The molecule has 1 aromatic carbocycles. The molecule has 0 aliphatic carbocycles. The van der Waals surface area contributed by atoms with Crippen LogP contribution in [0, 0.1) is 0 Å². The number of carbonyl (C=O) groups is 1. The third-order valence-electron chi connectivity index (χ3n) is 2.34. The van der Waals surface area contributed by atoms with E-state index in [2.05, 4.69) is 10.3 Å². The molecular weight excluding hydrogens is 206 g/mol. The number of fused-ring (bicyclic) bond motifs is 1. The van der Waals surface area contributed by atoms with Gasteiger partial charge in [0.25, 0.3) is 0 Å². The van der Waals surface area contributed by atoms with E-state index in [1.807, 2.05) is 18.2 Å². The summed E-state index contributed by atoms with van der Waals surface area (Å²) in [6.07, 6.45) is 4.02. The Kier molecular flexibility index (Phi) is 1.83. The van der Waals surface area contributed by atoms with E-state index in [1.54, 1.807) is 18.5 Å². The number of para-hydroxylation sites is 1. The second kappa shape index (κ2) is 3.30. The smallest absolute Gasteiger partial charge is 0.222 e. The van der Waals surface area contributed by atoms with Crippen LogP contribution in [-0.2, 0) is 0 Å². The van der Waals surface area contributed by atoms with E-state index >= 15 is 0 Å². The van der Waals surface area contributed by atoms with Gasteiger partial charge in [0.15, 0.2) is 6.29 Å². The van der Waals surface area contributed by atoms with Crippen molar-refractivity contribution in [3.8, 4) is 5.88 Å². The van der Waals surface area contributed by atoms with Gasteiger partial charge in [-0.05, 0) is 6.07 Å². The van der Waals surface area contributed by atoms with E-state index in [4.69, 9.17) is 4.42 Å². The molecule has 78 valence electrons. The summed E-state index contributed by atoms with van der Waals surface area (Å²) in [6.45, 7) is 0. The Labute approximate surface area is 90.3 Å².